The Kier molecular flexibility index (Phi) is 5.15. The topological polar surface area (TPSA) is 55.8 Å². The quantitative estimate of drug-likeness (QED) is 0.841. The second-order valence-electron chi connectivity index (χ2n) is 5.25. The van der Waals surface area contributed by atoms with Crippen LogP contribution < -0.4 is 0 Å². The molecule has 0 atom stereocenters. The van der Waals surface area contributed by atoms with E-state index in [2.05, 4.69) is 0 Å². The summed E-state index contributed by atoms with van der Waals surface area (Å²) in [6.07, 6.45) is 2.28. The van der Waals surface area contributed by atoms with Crippen LogP contribution in [-0.4, -0.2) is 29.4 Å². The summed E-state index contributed by atoms with van der Waals surface area (Å²) in [4.78, 5) is 11.7. The number of carbonyl (C=O) groups is 1. The maximum absolute atomic E-state index is 11.7. The average molecular weight is 278 g/mol. The van der Waals surface area contributed by atoms with Crippen LogP contribution >= 0.6 is 0 Å². The van der Waals surface area contributed by atoms with Crippen LogP contribution in [0.5, 0.6) is 0 Å². The van der Waals surface area contributed by atoms with Crippen molar-refractivity contribution in [3.8, 4) is 0 Å². The van der Waals surface area contributed by atoms with Crippen molar-refractivity contribution < 1.29 is 19.4 Å². The van der Waals surface area contributed by atoms with Gasteiger partial charge < -0.3 is 14.6 Å². The molecule has 1 aromatic rings. The van der Waals surface area contributed by atoms with Gasteiger partial charge in [-0.25, -0.2) is 4.79 Å². The zero-order valence-electron chi connectivity index (χ0n) is 11.9. The van der Waals surface area contributed by atoms with Crippen molar-refractivity contribution in [2.45, 2.75) is 50.9 Å². The molecule has 0 aromatic heterocycles. The molecule has 0 aliphatic heterocycles. The van der Waals surface area contributed by atoms with Crippen LogP contribution in [-0.2, 0) is 20.9 Å². The third kappa shape index (κ3) is 3.81. The Morgan fingerprint density at radius 1 is 1.30 bits per heavy atom. The van der Waals surface area contributed by atoms with Crippen LogP contribution in [0.3, 0.4) is 0 Å². The molecule has 1 aromatic carbocycles. The first-order valence-electron chi connectivity index (χ1n) is 7.19. The van der Waals surface area contributed by atoms with Gasteiger partial charge in [-0.15, -0.1) is 0 Å². The van der Waals surface area contributed by atoms with E-state index in [4.69, 9.17) is 9.47 Å². The number of benzene rings is 1. The Hall–Kier alpha value is -1.39. The molecule has 1 saturated carbocycles. The summed E-state index contributed by atoms with van der Waals surface area (Å²) in [6, 6.07) is 10.00. The van der Waals surface area contributed by atoms with E-state index in [1.807, 2.05) is 30.3 Å². The van der Waals surface area contributed by atoms with Crippen molar-refractivity contribution in [2.75, 3.05) is 6.61 Å². The molecule has 1 aliphatic rings. The van der Waals surface area contributed by atoms with Crippen LogP contribution in [0, 0.1) is 0 Å². The maximum atomic E-state index is 11.7. The van der Waals surface area contributed by atoms with E-state index in [1.165, 1.54) is 0 Å². The van der Waals surface area contributed by atoms with Gasteiger partial charge in [0.25, 0.3) is 0 Å². The van der Waals surface area contributed by atoms with Gasteiger partial charge in [-0.05, 0) is 38.2 Å². The molecule has 4 nitrogen and oxygen atoms in total. The van der Waals surface area contributed by atoms with Crippen LogP contribution in [0.2, 0.25) is 0 Å². The molecule has 0 radical (unpaired) electrons. The molecule has 1 aliphatic carbocycles. The number of hydrogen-bond donors (Lipinski definition) is 1. The van der Waals surface area contributed by atoms with E-state index in [0.717, 1.165) is 5.56 Å². The Morgan fingerprint density at radius 3 is 2.55 bits per heavy atom. The highest BCUT2D eigenvalue weighted by Crippen LogP contribution is 2.31. The first-order valence-corrected chi connectivity index (χ1v) is 7.19. The van der Waals surface area contributed by atoms with Gasteiger partial charge in [-0.2, -0.15) is 0 Å². The molecule has 0 saturated heterocycles. The molecule has 0 unspecified atom stereocenters. The lowest BCUT2D eigenvalue weighted by atomic mass is 9.83. The van der Waals surface area contributed by atoms with Gasteiger partial charge in [-0.1, -0.05) is 30.3 Å². The first kappa shape index (κ1) is 15.0. The molecule has 0 bridgehead atoms. The molecule has 0 amide bonds. The fraction of sp³-hybridized carbons (Fsp3) is 0.562. The Morgan fingerprint density at radius 2 is 1.95 bits per heavy atom. The molecule has 20 heavy (non-hydrogen) atoms. The van der Waals surface area contributed by atoms with E-state index in [1.54, 1.807) is 6.92 Å². The molecule has 1 N–H and O–H groups in total. The van der Waals surface area contributed by atoms with Crippen molar-refractivity contribution in [1.82, 2.24) is 0 Å². The van der Waals surface area contributed by atoms with Gasteiger partial charge in [0.15, 0.2) is 5.60 Å². The summed E-state index contributed by atoms with van der Waals surface area (Å²) < 4.78 is 10.8. The van der Waals surface area contributed by atoms with Gasteiger partial charge in [0, 0.05) is 0 Å². The van der Waals surface area contributed by atoms with Crippen LogP contribution in [0.25, 0.3) is 0 Å². The van der Waals surface area contributed by atoms with Crippen LogP contribution in [0.1, 0.15) is 38.2 Å². The van der Waals surface area contributed by atoms with E-state index < -0.39 is 11.6 Å². The summed E-state index contributed by atoms with van der Waals surface area (Å²) in [5.74, 6) is -0.499. The third-order valence-electron chi connectivity index (χ3n) is 3.74. The lowest BCUT2D eigenvalue weighted by Gasteiger charge is -2.33. The largest absolute Gasteiger partial charge is 0.464 e. The SMILES string of the molecule is CCOC(=O)C1(O)CCC(OCc2ccccc2)CC1. The van der Waals surface area contributed by atoms with E-state index in [0.29, 0.717) is 38.9 Å². The molecule has 110 valence electrons. The fourth-order valence-electron chi connectivity index (χ4n) is 2.49. The minimum absolute atomic E-state index is 0.102. The van der Waals surface area contributed by atoms with Crippen molar-refractivity contribution in [2.24, 2.45) is 0 Å². The minimum Gasteiger partial charge on any atom is -0.464 e. The second kappa shape index (κ2) is 6.86. The standard InChI is InChI=1S/C16H22O4/c1-2-19-15(17)16(18)10-8-14(9-11-16)20-12-13-6-4-3-5-7-13/h3-7,14,18H,2,8-12H2,1H3. The highest BCUT2D eigenvalue weighted by Gasteiger charge is 2.41. The highest BCUT2D eigenvalue weighted by atomic mass is 16.5. The maximum Gasteiger partial charge on any atom is 0.338 e. The molecular weight excluding hydrogens is 256 g/mol. The molecule has 0 spiro atoms. The van der Waals surface area contributed by atoms with Gasteiger partial charge >= 0.3 is 5.97 Å². The number of ether oxygens (including phenoxy) is 2. The molecule has 4 heteroatoms. The van der Waals surface area contributed by atoms with Crippen molar-refractivity contribution in [3.05, 3.63) is 35.9 Å². The summed E-state index contributed by atoms with van der Waals surface area (Å²) in [6.45, 7) is 2.62. The normalized spacial score (nSPS) is 26.2. The van der Waals surface area contributed by atoms with E-state index in [-0.39, 0.29) is 6.10 Å². The van der Waals surface area contributed by atoms with E-state index in [9.17, 15) is 9.90 Å². The molecule has 2 rings (SSSR count). The van der Waals surface area contributed by atoms with E-state index >= 15 is 0 Å². The predicted octanol–water partition coefficient (Wildman–Crippen LogP) is 2.44. The zero-order chi connectivity index (χ0) is 14.4. The summed E-state index contributed by atoms with van der Waals surface area (Å²) >= 11 is 0. The summed E-state index contributed by atoms with van der Waals surface area (Å²) in [7, 11) is 0. The number of aliphatic hydroxyl groups is 1. The van der Waals surface area contributed by atoms with Crippen LogP contribution in [0.15, 0.2) is 30.3 Å². The first-order chi connectivity index (χ1) is 9.64. The average Bonchev–Trinajstić information content (AvgIpc) is 2.48. The summed E-state index contributed by atoms with van der Waals surface area (Å²) in [5, 5.41) is 10.2. The second-order valence-corrected chi connectivity index (χ2v) is 5.25. The van der Waals surface area contributed by atoms with Gasteiger partial charge in [-0.3, -0.25) is 0 Å². The van der Waals surface area contributed by atoms with Gasteiger partial charge in [0.2, 0.25) is 0 Å². The molecular formula is C16H22O4. The Labute approximate surface area is 119 Å². The number of carbonyl (C=O) groups excluding carboxylic acids is 1. The highest BCUT2D eigenvalue weighted by molar-refractivity contribution is 5.79. The lowest BCUT2D eigenvalue weighted by molar-refractivity contribution is -0.171. The minimum atomic E-state index is -1.32. The number of hydrogen-bond acceptors (Lipinski definition) is 4. The smallest absolute Gasteiger partial charge is 0.338 e. The molecule has 0 heterocycles. The molecule has 1 fully saturated rings. The zero-order valence-corrected chi connectivity index (χ0v) is 11.9. The van der Waals surface area contributed by atoms with Crippen molar-refractivity contribution in [3.63, 3.8) is 0 Å². The summed E-state index contributed by atoms with van der Waals surface area (Å²) in [5.41, 5.74) is -0.179. The fourth-order valence-corrected chi connectivity index (χ4v) is 2.49. The predicted molar refractivity (Wildman–Crippen MR) is 75.1 cm³/mol. The Balaban J connectivity index is 1.78. The number of rotatable bonds is 5. The van der Waals surface area contributed by atoms with Gasteiger partial charge in [0.1, 0.15) is 0 Å². The monoisotopic (exact) mass is 278 g/mol. The van der Waals surface area contributed by atoms with Crippen molar-refractivity contribution in [1.29, 1.82) is 0 Å². The van der Waals surface area contributed by atoms with Crippen molar-refractivity contribution >= 4 is 5.97 Å². The number of esters is 1. The lowest BCUT2D eigenvalue weighted by Crippen LogP contribution is -2.44. The Bertz CT molecular complexity index is 421. The van der Waals surface area contributed by atoms with Crippen LogP contribution in [0.4, 0.5) is 0 Å². The third-order valence-corrected chi connectivity index (χ3v) is 3.74. The van der Waals surface area contributed by atoms with Gasteiger partial charge in [0.05, 0.1) is 19.3 Å².